The van der Waals surface area contributed by atoms with Gasteiger partial charge >= 0.3 is 0 Å². The lowest BCUT2D eigenvalue weighted by Crippen LogP contribution is -2.30. The Morgan fingerprint density at radius 1 is 1.29 bits per heavy atom. The topological polar surface area (TPSA) is 76.9 Å². The lowest BCUT2D eigenvalue weighted by Gasteiger charge is -2.21. The quantitative estimate of drug-likeness (QED) is 0.592. The number of aromatic hydroxyl groups is 1. The summed E-state index contributed by atoms with van der Waals surface area (Å²) in [5, 5.41) is 15.3. The van der Waals surface area contributed by atoms with Crippen molar-refractivity contribution >= 4 is 27.5 Å². The van der Waals surface area contributed by atoms with E-state index in [9.17, 15) is 10.0 Å². The third-order valence-corrected chi connectivity index (χ3v) is 4.40. The van der Waals surface area contributed by atoms with Gasteiger partial charge in [-0.1, -0.05) is 24.3 Å². The number of ether oxygens (including phenoxy) is 2. The highest BCUT2D eigenvalue weighted by Crippen LogP contribution is 2.40. The number of imidazole rings is 1. The Morgan fingerprint density at radius 2 is 2.00 bits per heavy atom. The van der Waals surface area contributed by atoms with Crippen LogP contribution in [0.5, 0.6) is 5.75 Å². The maximum absolute atomic E-state index is 11.5. The van der Waals surface area contributed by atoms with Crippen molar-refractivity contribution in [2.75, 3.05) is 13.2 Å². The molecule has 2 heterocycles. The lowest BCUT2D eigenvalue weighted by atomic mass is 10.1. The predicted molar refractivity (Wildman–Crippen MR) is 88.0 cm³/mol. The largest absolute Gasteiger partial charge is 0.503 e. The minimum atomic E-state index is -0.368. The van der Waals surface area contributed by atoms with Crippen LogP contribution in [0.15, 0.2) is 35.8 Å². The third kappa shape index (κ3) is 2.24. The average molecular weight is 328 g/mol. The van der Waals surface area contributed by atoms with Crippen LogP contribution in [0, 0.1) is 4.91 Å². The lowest BCUT2D eigenvalue weighted by molar-refractivity contribution is -0.645. The van der Waals surface area contributed by atoms with Gasteiger partial charge in [-0.05, 0) is 11.6 Å². The third-order valence-electron chi connectivity index (χ3n) is 4.40. The van der Waals surface area contributed by atoms with Gasteiger partial charge in [-0.15, -0.1) is 4.91 Å². The SMILES string of the molecule is C[n+]1cn(CC2OCCCO2)c2c(O)c3ccccc3c(N=O)c21. The van der Waals surface area contributed by atoms with E-state index in [0.29, 0.717) is 47.3 Å². The Kier molecular flexibility index (Phi) is 3.66. The Hall–Kier alpha value is -2.51. The molecular weight excluding hydrogens is 310 g/mol. The number of aromatic nitrogens is 2. The molecule has 7 heteroatoms. The number of hydrogen-bond acceptors (Lipinski definition) is 5. The van der Waals surface area contributed by atoms with Crippen LogP contribution in [0.2, 0.25) is 0 Å². The molecule has 1 saturated heterocycles. The number of fused-ring (bicyclic) bond motifs is 2. The molecule has 0 amide bonds. The van der Waals surface area contributed by atoms with Crippen molar-refractivity contribution in [2.24, 2.45) is 12.2 Å². The molecular formula is C17H18N3O4+. The summed E-state index contributed by atoms with van der Waals surface area (Å²) >= 11 is 0. The van der Waals surface area contributed by atoms with Gasteiger partial charge in [0.1, 0.15) is 6.54 Å². The second-order valence-electron chi connectivity index (χ2n) is 5.93. The average Bonchev–Trinajstić information content (AvgIpc) is 2.93. The van der Waals surface area contributed by atoms with Gasteiger partial charge in [0.05, 0.1) is 20.3 Å². The number of aryl methyl sites for hydroxylation is 1. The molecule has 0 bridgehead atoms. The van der Waals surface area contributed by atoms with Crippen LogP contribution in [0.4, 0.5) is 5.69 Å². The van der Waals surface area contributed by atoms with Gasteiger partial charge in [-0.25, -0.2) is 9.13 Å². The second-order valence-corrected chi connectivity index (χ2v) is 5.93. The van der Waals surface area contributed by atoms with E-state index in [-0.39, 0.29) is 12.0 Å². The van der Waals surface area contributed by atoms with Crippen LogP contribution in [0.1, 0.15) is 6.42 Å². The molecule has 24 heavy (non-hydrogen) atoms. The van der Waals surface area contributed by atoms with Gasteiger partial charge in [0, 0.05) is 10.8 Å². The molecule has 1 aliphatic heterocycles. The smallest absolute Gasteiger partial charge is 0.244 e. The first kappa shape index (κ1) is 15.0. The second kappa shape index (κ2) is 5.85. The van der Waals surface area contributed by atoms with Crippen molar-refractivity contribution in [1.82, 2.24) is 4.57 Å². The summed E-state index contributed by atoms with van der Waals surface area (Å²) < 4.78 is 14.9. The molecule has 4 rings (SSSR count). The highest BCUT2D eigenvalue weighted by Gasteiger charge is 2.28. The van der Waals surface area contributed by atoms with Crippen molar-refractivity contribution in [3.8, 4) is 5.75 Å². The van der Waals surface area contributed by atoms with Crippen LogP contribution in [0.3, 0.4) is 0 Å². The number of phenolic OH excluding ortho intramolecular Hbond substituents is 1. The molecule has 0 radical (unpaired) electrons. The van der Waals surface area contributed by atoms with Gasteiger partial charge in [-0.2, -0.15) is 0 Å². The summed E-state index contributed by atoms with van der Waals surface area (Å²) in [4.78, 5) is 11.5. The van der Waals surface area contributed by atoms with Crippen molar-refractivity contribution in [1.29, 1.82) is 0 Å². The first-order valence-corrected chi connectivity index (χ1v) is 7.89. The Labute approximate surface area is 138 Å². The minimum absolute atomic E-state index is 0.129. The van der Waals surface area contributed by atoms with Crippen LogP contribution in [-0.2, 0) is 23.1 Å². The maximum atomic E-state index is 11.5. The summed E-state index contributed by atoms with van der Waals surface area (Å²) in [6, 6.07) is 7.21. The highest BCUT2D eigenvalue weighted by molar-refractivity contribution is 6.10. The standard InChI is InChI=1S/C17H17N3O4/c1-19-10-20(9-13-23-7-4-8-24-13)16-15(19)14(18-22)11-5-2-3-6-12(11)17(16)21/h2-3,5-6,10,13H,4,7-9H2,1H3/p+1. The number of nitroso groups, excluding NO2 is 1. The molecule has 2 aromatic carbocycles. The van der Waals surface area contributed by atoms with Gasteiger partial charge in [0.2, 0.25) is 17.4 Å². The zero-order chi connectivity index (χ0) is 16.7. The fraction of sp³-hybridized carbons (Fsp3) is 0.353. The number of phenols is 1. The zero-order valence-corrected chi connectivity index (χ0v) is 13.3. The van der Waals surface area contributed by atoms with Crippen molar-refractivity contribution in [2.45, 2.75) is 19.3 Å². The number of nitrogens with zero attached hydrogens (tertiary/aromatic N) is 3. The van der Waals surface area contributed by atoms with Gasteiger partial charge in [0.25, 0.3) is 0 Å². The van der Waals surface area contributed by atoms with E-state index in [1.807, 2.05) is 30.1 Å². The summed E-state index contributed by atoms with van der Waals surface area (Å²) in [6.45, 7) is 1.75. The molecule has 7 nitrogen and oxygen atoms in total. The van der Waals surface area contributed by atoms with E-state index in [1.165, 1.54) is 0 Å². The molecule has 1 N–H and O–H groups in total. The maximum Gasteiger partial charge on any atom is 0.244 e. The number of rotatable bonds is 3. The van der Waals surface area contributed by atoms with Crippen LogP contribution in [0.25, 0.3) is 21.8 Å². The first-order valence-electron chi connectivity index (χ1n) is 7.89. The zero-order valence-electron chi connectivity index (χ0n) is 13.3. The van der Waals surface area contributed by atoms with Crippen LogP contribution in [-0.4, -0.2) is 29.2 Å². The van der Waals surface area contributed by atoms with Crippen molar-refractivity contribution in [3.63, 3.8) is 0 Å². The highest BCUT2D eigenvalue weighted by atomic mass is 16.7. The fourth-order valence-corrected chi connectivity index (χ4v) is 3.34. The van der Waals surface area contributed by atoms with E-state index < -0.39 is 0 Å². The van der Waals surface area contributed by atoms with E-state index >= 15 is 0 Å². The van der Waals surface area contributed by atoms with Crippen molar-refractivity contribution in [3.05, 3.63) is 35.5 Å². The van der Waals surface area contributed by atoms with Gasteiger partial charge < -0.3 is 14.6 Å². The summed E-state index contributed by atoms with van der Waals surface area (Å²) in [5.74, 6) is 0.129. The van der Waals surface area contributed by atoms with Crippen LogP contribution >= 0.6 is 0 Å². The fourth-order valence-electron chi connectivity index (χ4n) is 3.34. The predicted octanol–water partition coefficient (Wildman–Crippen LogP) is 2.49. The molecule has 1 fully saturated rings. The van der Waals surface area contributed by atoms with Gasteiger partial charge in [-0.3, -0.25) is 0 Å². The summed E-state index contributed by atoms with van der Waals surface area (Å²) in [6.07, 6.45) is 2.33. The van der Waals surface area contributed by atoms with E-state index in [2.05, 4.69) is 5.18 Å². The summed E-state index contributed by atoms with van der Waals surface area (Å²) in [5.41, 5.74) is 1.48. The van der Waals surface area contributed by atoms with Gasteiger partial charge in [0.15, 0.2) is 17.7 Å². The summed E-state index contributed by atoms with van der Waals surface area (Å²) in [7, 11) is 1.82. The molecule has 0 saturated carbocycles. The molecule has 0 aliphatic carbocycles. The Morgan fingerprint density at radius 3 is 2.71 bits per heavy atom. The number of benzene rings is 2. The monoisotopic (exact) mass is 328 g/mol. The molecule has 3 aromatic rings. The molecule has 0 spiro atoms. The molecule has 124 valence electrons. The van der Waals surface area contributed by atoms with Crippen molar-refractivity contribution < 1.29 is 19.1 Å². The molecule has 1 aliphatic rings. The van der Waals surface area contributed by atoms with E-state index in [1.54, 1.807) is 16.7 Å². The molecule has 0 atom stereocenters. The normalized spacial score (nSPS) is 16.0. The van der Waals surface area contributed by atoms with E-state index in [4.69, 9.17) is 9.47 Å². The van der Waals surface area contributed by atoms with Crippen LogP contribution < -0.4 is 4.57 Å². The molecule has 0 unspecified atom stereocenters. The Bertz CT molecular complexity index is 929. The first-order chi connectivity index (χ1) is 11.7. The van der Waals surface area contributed by atoms with E-state index in [0.717, 1.165) is 6.42 Å². The molecule has 1 aromatic heterocycles. The number of hydrogen-bond donors (Lipinski definition) is 1. The minimum Gasteiger partial charge on any atom is -0.503 e. The Balaban J connectivity index is 1.96.